The Morgan fingerprint density at radius 1 is 1.40 bits per heavy atom. The molecule has 1 aromatic rings. The normalized spacial score (nSPS) is 11.2. The first-order chi connectivity index (χ1) is 9.24. The molecule has 0 spiro atoms. The molecular formula is C12H12F3NO4. The maximum atomic E-state index is 12.1. The summed E-state index contributed by atoms with van der Waals surface area (Å²) >= 11 is 0. The summed E-state index contributed by atoms with van der Waals surface area (Å²) in [6.07, 6.45) is -5.80. The van der Waals surface area contributed by atoms with Gasteiger partial charge in [0.05, 0.1) is 11.5 Å². The summed E-state index contributed by atoms with van der Waals surface area (Å²) in [7, 11) is 0. The third-order valence-corrected chi connectivity index (χ3v) is 2.45. The van der Waals surface area contributed by atoms with E-state index in [4.69, 9.17) is 0 Å². The van der Waals surface area contributed by atoms with Crippen LogP contribution in [-0.2, 0) is 11.2 Å². The van der Waals surface area contributed by atoms with Crippen LogP contribution >= 0.6 is 0 Å². The Bertz CT molecular complexity index is 514. The summed E-state index contributed by atoms with van der Waals surface area (Å²) in [6.45, 7) is 1.59. The molecule has 0 amide bonds. The van der Waals surface area contributed by atoms with E-state index in [9.17, 15) is 28.1 Å². The molecule has 0 atom stereocenters. The highest BCUT2D eigenvalue weighted by molar-refractivity contribution is 5.94. The molecule has 110 valence electrons. The molecule has 1 aromatic carbocycles. The Kier molecular flexibility index (Phi) is 5.06. The van der Waals surface area contributed by atoms with Crippen molar-refractivity contribution < 1.29 is 27.6 Å². The molecule has 0 radical (unpaired) electrons. The minimum absolute atomic E-state index is 0.0474. The molecule has 0 fully saturated rings. The van der Waals surface area contributed by atoms with Gasteiger partial charge in [-0.05, 0) is 25.0 Å². The van der Waals surface area contributed by atoms with Crippen molar-refractivity contribution in [2.75, 3.05) is 6.61 Å². The van der Waals surface area contributed by atoms with Crippen LogP contribution in [0.5, 0.6) is 0 Å². The first-order valence-corrected chi connectivity index (χ1v) is 5.75. The van der Waals surface area contributed by atoms with Gasteiger partial charge in [-0.3, -0.25) is 10.1 Å². The fourth-order valence-electron chi connectivity index (χ4n) is 1.55. The van der Waals surface area contributed by atoms with Gasteiger partial charge in [0.25, 0.3) is 5.69 Å². The van der Waals surface area contributed by atoms with Crippen LogP contribution in [0.3, 0.4) is 0 Å². The number of hydrogen-bond donors (Lipinski definition) is 0. The zero-order chi connectivity index (χ0) is 15.3. The van der Waals surface area contributed by atoms with Crippen LogP contribution < -0.4 is 0 Å². The molecule has 0 saturated heterocycles. The molecule has 0 aliphatic heterocycles. The van der Waals surface area contributed by atoms with E-state index < -0.39 is 29.2 Å². The highest BCUT2D eigenvalue weighted by atomic mass is 19.4. The van der Waals surface area contributed by atoms with Gasteiger partial charge in [0.15, 0.2) is 0 Å². The van der Waals surface area contributed by atoms with Gasteiger partial charge in [0.1, 0.15) is 5.56 Å². The fraction of sp³-hybridized carbons (Fsp3) is 0.417. The Morgan fingerprint density at radius 3 is 2.55 bits per heavy atom. The molecule has 20 heavy (non-hydrogen) atoms. The summed E-state index contributed by atoms with van der Waals surface area (Å²) in [4.78, 5) is 21.5. The SMILES string of the molecule is CCOC(=O)c1ccc(CCC(F)(F)F)cc1[N+](=O)[O-]. The van der Waals surface area contributed by atoms with Gasteiger partial charge < -0.3 is 4.74 Å². The minimum atomic E-state index is -4.34. The van der Waals surface area contributed by atoms with Gasteiger partial charge in [-0.2, -0.15) is 13.2 Å². The minimum Gasteiger partial charge on any atom is -0.462 e. The molecule has 0 N–H and O–H groups in total. The van der Waals surface area contributed by atoms with Crippen molar-refractivity contribution >= 4 is 11.7 Å². The second-order valence-electron chi connectivity index (χ2n) is 3.94. The van der Waals surface area contributed by atoms with Crippen molar-refractivity contribution in [3.05, 3.63) is 39.4 Å². The van der Waals surface area contributed by atoms with Gasteiger partial charge in [-0.15, -0.1) is 0 Å². The molecule has 0 unspecified atom stereocenters. The Morgan fingerprint density at radius 2 is 2.05 bits per heavy atom. The smallest absolute Gasteiger partial charge is 0.389 e. The van der Waals surface area contributed by atoms with Crippen molar-refractivity contribution in [1.82, 2.24) is 0 Å². The van der Waals surface area contributed by atoms with Gasteiger partial charge in [-0.1, -0.05) is 6.07 Å². The van der Waals surface area contributed by atoms with Gasteiger partial charge in [0.2, 0.25) is 0 Å². The number of halogens is 3. The number of carbonyl (C=O) groups excluding carboxylic acids is 1. The number of aryl methyl sites for hydroxylation is 1. The van der Waals surface area contributed by atoms with E-state index >= 15 is 0 Å². The number of nitro benzene ring substituents is 1. The Hall–Kier alpha value is -2.12. The van der Waals surface area contributed by atoms with E-state index in [0.717, 1.165) is 12.1 Å². The number of nitrogens with zero attached hydrogens (tertiary/aromatic N) is 1. The lowest BCUT2D eigenvalue weighted by Gasteiger charge is -2.07. The van der Waals surface area contributed by atoms with Crippen LogP contribution in [0.2, 0.25) is 0 Å². The van der Waals surface area contributed by atoms with E-state index in [-0.39, 0.29) is 24.2 Å². The van der Waals surface area contributed by atoms with E-state index in [0.29, 0.717) is 0 Å². The second kappa shape index (κ2) is 6.36. The van der Waals surface area contributed by atoms with Crippen LogP contribution in [0.15, 0.2) is 18.2 Å². The molecule has 0 aliphatic carbocycles. The second-order valence-corrected chi connectivity index (χ2v) is 3.94. The van der Waals surface area contributed by atoms with Crippen LogP contribution in [0.1, 0.15) is 29.3 Å². The van der Waals surface area contributed by atoms with E-state index in [1.807, 2.05) is 0 Å². The van der Waals surface area contributed by atoms with Crippen molar-refractivity contribution in [1.29, 1.82) is 0 Å². The summed E-state index contributed by atoms with van der Waals surface area (Å²) in [5.41, 5.74) is -0.683. The molecule has 5 nitrogen and oxygen atoms in total. The molecule has 0 bridgehead atoms. The number of esters is 1. The number of nitro groups is 1. The summed E-state index contributed by atoms with van der Waals surface area (Å²) in [5.74, 6) is -0.874. The quantitative estimate of drug-likeness (QED) is 0.474. The number of alkyl halides is 3. The zero-order valence-corrected chi connectivity index (χ0v) is 10.6. The van der Waals surface area contributed by atoms with Crippen LogP contribution in [0, 0.1) is 10.1 Å². The highest BCUT2D eigenvalue weighted by Gasteiger charge is 2.27. The van der Waals surface area contributed by atoms with Crippen LogP contribution in [0.4, 0.5) is 18.9 Å². The number of benzene rings is 1. The van der Waals surface area contributed by atoms with Crippen molar-refractivity contribution in [2.24, 2.45) is 0 Å². The Balaban J connectivity index is 3.01. The topological polar surface area (TPSA) is 69.4 Å². The monoisotopic (exact) mass is 291 g/mol. The average Bonchev–Trinajstić information content (AvgIpc) is 2.35. The largest absolute Gasteiger partial charge is 0.462 e. The first kappa shape index (κ1) is 15.9. The maximum Gasteiger partial charge on any atom is 0.389 e. The number of rotatable bonds is 5. The lowest BCUT2D eigenvalue weighted by molar-refractivity contribution is -0.385. The number of hydrogen-bond acceptors (Lipinski definition) is 4. The predicted molar refractivity (Wildman–Crippen MR) is 63.4 cm³/mol. The number of carbonyl (C=O) groups is 1. The van der Waals surface area contributed by atoms with Crippen molar-refractivity contribution in [3.63, 3.8) is 0 Å². The number of ether oxygens (including phenoxy) is 1. The molecule has 0 aromatic heterocycles. The predicted octanol–water partition coefficient (Wildman–Crippen LogP) is 3.27. The maximum absolute atomic E-state index is 12.1. The summed E-state index contributed by atoms with van der Waals surface area (Å²) in [6, 6.07) is 3.34. The van der Waals surface area contributed by atoms with Crippen molar-refractivity contribution in [2.45, 2.75) is 25.9 Å². The third-order valence-electron chi connectivity index (χ3n) is 2.45. The lowest BCUT2D eigenvalue weighted by Crippen LogP contribution is -2.10. The standard InChI is InChI=1S/C12H12F3NO4/c1-2-20-11(17)9-4-3-8(5-6-12(13,14)15)7-10(9)16(18)19/h3-4,7H,2,5-6H2,1H3. The fourth-order valence-corrected chi connectivity index (χ4v) is 1.55. The van der Waals surface area contributed by atoms with E-state index in [2.05, 4.69) is 4.74 Å². The Labute approximate surface area is 112 Å². The zero-order valence-electron chi connectivity index (χ0n) is 10.6. The highest BCUT2D eigenvalue weighted by Crippen LogP contribution is 2.26. The van der Waals surface area contributed by atoms with Gasteiger partial charge >= 0.3 is 12.1 Å². The van der Waals surface area contributed by atoms with Gasteiger partial charge in [-0.25, -0.2) is 4.79 Å². The average molecular weight is 291 g/mol. The van der Waals surface area contributed by atoms with E-state index in [1.165, 1.54) is 6.07 Å². The first-order valence-electron chi connectivity index (χ1n) is 5.75. The van der Waals surface area contributed by atoms with Gasteiger partial charge in [0, 0.05) is 12.5 Å². The molecule has 0 saturated carbocycles. The van der Waals surface area contributed by atoms with Crippen LogP contribution in [-0.4, -0.2) is 23.7 Å². The lowest BCUT2D eigenvalue weighted by atomic mass is 10.1. The molecule has 0 heterocycles. The summed E-state index contributed by atoms with van der Waals surface area (Å²) in [5, 5.41) is 10.9. The third kappa shape index (κ3) is 4.52. The molecule has 8 heteroatoms. The van der Waals surface area contributed by atoms with Crippen LogP contribution in [0.25, 0.3) is 0 Å². The molecule has 1 rings (SSSR count). The van der Waals surface area contributed by atoms with E-state index in [1.54, 1.807) is 6.92 Å². The molecule has 0 aliphatic rings. The summed E-state index contributed by atoms with van der Waals surface area (Å²) < 4.78 is 41.0. The molecular weight excluding hydrogens is 279 g/mol. The van der Waals surface area contributed by atoms with Crippen molar-refractivity contribution in [3.8, 4) is 0 Å².